The standard InChI is InChI=1S/C14H16N2O2S/c17-10-11-2-1-3-12(8-11)13-9-15-14(19-13)16-4-6-18-7-5-16/h1-3,8-9,17H,4-7,10H2. The van der Waals surface area contributed by atoms with Crippen molar-refractivity contribution in [2.45, 2.75) is 6.61 Å². The molecule has 0 atom stereocenters. The molecular formula is C14H16N2O2S. The maximum Gasteiger partial charge on any atom is 0.186 e. The van der Waals surface area contributed by atoms with E-state index in [1.807, 2.05) is 24.4 Å². The molecule has 1 saturated heterocycles. The van der Waals surface area contributed by atoms with Crippen LogP contribution in [0.3, 0.4) is 0 Å². The van der Waals surface area contributed by atoms with E-state index >= 15 is 0 Å². The van der Waals surface area contributed by atoms with Crippen LogP contribution in [0.5, 0.6) is 0 Å². The van der Waals surface area contributed by atoms with Gasteiger partial charge in [-0.25, -0.2) is 4.98 Å². The molecule has 4 nitrogen and oxygen atoms in total. The van der Waals surface area contributed by atoms with Crippen molar-refractivity contribution in [2.75, 3.05) is 31.2 Å². The monoisotopic (exact) mass is 276 g/mol. The molecule has 0 spiro atoms. The zero-order chi connectivity index (χ0) is 13.1. The van der Waals surface area contributed by atoms with Crippen LogP contribution in [-0.4, -0.2) is 36.4 Å². The highest BCUT2D eigenvalue weighted by Gasteiger charge is 2.15. The highest BCUT2D eigenvalue weighted by atomic mass is 32.1. The van der Waals surface area contributed by atoms with Crippen molar-refractivity contribution in [3.8, 4) is 10.4 Å². The van der Waals surface area contributed by atoms with Gasteiger partial charge in [-0.05, 0) is 17.2 Å². The minimum atomic E-state index is 0.0724. The Morgan fingerprint density at radius 3 is 2.95 bits per heavy atom. The molecule has 5 heteroatoms. The molecule has 1 aromatic carbocycles. The third-order valence-corrected chi connectivity index (χ3v) is 4.28. The van der Waals surface area contributed by atoms with Gasteiger partial charge in [0.2, 0.25) is 0 Å². The van der Waals surface area contributed by atoms with E-state index in [4.69, 9.17) is 4.74 Å². The number of morpholine rings is 1. The minimum absolute atomic E-state index is 0.0724. The average Bonchev–Trinajstić information content (AvgIpc) is 2.98. The van der Waals surface area contributed by atoms with Crippen molar-refractivity contribution < 1.29 is 9.84 Å². The molecule has 0 aliphatic carbocycles. The Balaban J connectivity index is 1.83. The van der Waals surface area contributed by atoms with Crippen LogP contribution in [0.25, 0.3) is 10.4 Å². The van der Waals surface area contributed by atoms with E-state index in [1.54, 1.807) is 11.3 Å². The van der Waals surface area contributed by atoms with Crippen molar-refractivity contribution in [1.82, 2.24) is 4.98 Å². The number of rotatable bonds is 3. The van der Waals surface area contributed by atoms with Crippen LogP contribution in [0.1, 0.15) is 5.56 Å². The largest absolute Gasteiger partial charge is 0.392 e. The highest BCUT2D eigenvalue weighted by molar-refractivity contribution is 7.18. The van der Waals surface area contributed by atoms with Gasteiger partial charge >= 0.3 is 0 Å². The lowest BCUT2D eigenvalue weighted by atomic mass is 10.1. The van der Waals surface area contributed by atoms with Crippen LogP contribution < -0.4 is 4.90 Å². The van der Waals surface area contributed by atoms with Gasteiger partial charge in [0.1, 0.15) is 0 Å². The zero-order valence-corrected chi connectivity index (χ0v) is 11.4. The summed E-state index contributed by atoms with van der Waals surface area (Å²) in [7, 11) is 0. The van der Waals surface area contributed by atoms with Crippen LogP contribution in [0, 0.1) is 0 Å². The molecule has 2 aromatic rings. The second-order valence-electron chi connectivity index (χ2n) is 4.46. The first-order valence-electron chi connectivity index (χ1n) is 6.35. The van der Waals surface area contributed by atoms with Gasteiger partial charge in [0.25, 0.3) is 0 Å². The Bertz CT molecular complexity index is 550. The summed E-state index contributed by atoms with van der Waals surface area (Å²) in [5.41, 5.74) is 2.04. The van der Waals surface area contributed by atoms with E-state index in [2.05, 4.69) is 16.0 Å². The molecule has 1 aliphatic heterocycles. The summed E-state index contributed by atoms with van der Waals surface area (Å²) in [5.74, 6) is 0. The first kappa shape index (κ1) is 12.6. The van der Waals surface area contributed by atoms with Crippen LogP contribution in [0.4, 0.5) is 5.13 Å². The second-order valence-corrected chi connectivity index (χ2v) is 5.47. The number of benzene rings is 1. The van der Waals surface area contributed by atoms with Gasteiger partial charge in [0, 0.05) is 19.3 Å². The molecule has 1 aliphatic rings. The zero-order valence-electron chi connectivity index (χ0n) is 10.6. The topological polar surface area (TPSA) is 45.6 Å². The predicted octanol–water partition coefficient (Wildman–Crippen LogP) is 2.14. The number of aliphatic hydroxyl groups is 1. The molecule has 0 unspecified atom stereocenters. The number of hydrogen-bond donors (Lipinski definition) is 1. The van der Waals surface area contributed by atoms with Crippen molar-refractivity contribution in [3.05, 3.63) is 36.0 Å². The van der Waals surface area contributed by atoms with Crippen molar-refractivity contribution in [3.63, 3.8) is 0 Å². The lowest BCUT2D eigenvalue weighted by molar-refractivity contribution is 0.122. The van der Waals surface area contributed by atoms with Gasteiger partial charge in [0.05, 0.1) is 24.7 Å². The fraction of sp³-hybridized carbons (Fsp3) is 0.357. The summed E-state index contributed by atoms with van der Waals surface area (Å²) in [4.78, 5) is 7.89. The molecule has 0 bridgehead atoms. The fourth-order valence-corrected chi connectivity index (χ4v) is 3.09. The van der Waals surface area contributed by atoms with Crippen molar-refractivity contribution >= 4 is 16.5 Å². The third-order valence-electron chi connectivity index (χ3n) is 3.17. The van der Waals surface area contributed by atoms with E-state index in [-0.39, 0.29) is 6.61 Å². The molecule has 0 amide bonds. The fourth-order valence-electron chi connectivity index (χ4n) is 2.12. The maximum atomic E-state index is 9.18. The number of aliphatic hydroxyl groups excluding tert-OH is 1. The third kappa shape index (κ3) is 2.78. The average molecular weight is 276 g/mol. The van der Waals surface area contributed by atoms with Gasteiger partial charge in [-0.1, -0.05) is 29.5 Å². The van der Waals surface area contributed by atoms with E-state index in [0.29, 0.717) is 0 Å². The Morgan fingerprint density at radius 2 is 2.16 bits per heavy atom. The Morgan fingerprint density at radius 1 is 1.32 bits per heavy atom. The summed E-state index contributed by atoms with van der Waals surface area (Å²) in [6, 6.07) is 7.95. The molecule has 100 valence electrons. The number of thiazole rings is 1. The van der Waals surface area contributed by atoms with Crippen LogP contribution in [-0.2, 0) is 11.3 Å². The number of hydrogen-bond acceptors (Lipinski definition) is 5. The summed E-state index contributed by atoms with van der Waals surface area (Å²) in [6.07, 6.45) is 1.91. The molecular weight excluding hydrogens is 260 g/mol. The highest BCUT2D eigenvalue weighted by Crippen LogP contribution is 2.31. The number of aromatic nitrogens is 1. The Hall–Kier alpha value is -1.43. The van der Waals surface area contributed by atoms with Gasteiger partial charge in [-0.2, -0.15) is 0 Å². The van der Waals surface area contributed by atoms with Gasteiger partial charge in [-0.3, -0.25) is 0 Å². The van der Waals surface area contributed by atoms with E-state index in [0.717, 1.165) is 47.4 Å². The van der Waals surface area contributed by atoms with E-state index < -0.39 is 0 Å². The minimum Gasteiger partial charge on any atom is -0.392 e. The molecule has 1 N–H and O–H groups in total. The first-order valence-corrected chi connectivity index (χ1v) is 7.17. The van der Waals surface area contributed by atoms with Gasteiger partial charge in [0.15, 0.2) is 5.13 Å². The summed E-state index contributed by atoms with van der Waals surface area (Å²) in [6.45, 7) is 3.43. The SMILES string of the molecule is OCc1cccc(-c2cnc(N3CCOCC3)s2)c1. The predicted molar refractivity (Wildman–Crippen MR) is 76.5 cm³/mol. The normalized spacial score (nSPS) is 15.7. The van der Waals surface area contributed by atoms with Crippen molar-refractivity contribution in [2.24, 2.45) is 0 Å². The van der Waals surface area contributed by atoms with Crippen LogP contribution >= 0.6 is 11.3 Å². The molecule has 3 rings (SSSR count). The molecule has 19 heavy (non-hydrogen) atoms. The Labute approximate surface area is 116 Å². The molecule has 0 radical (unpaired) electrons. The van der Waals surface area contributed by atoms with Gasteiger partial charge < -0.3 is 14.7 Å². The van der Waals surface area contributed by atoms with Crippen LogP contribution in [0.15, 0.2) is 30.5 Å². The first-order chi connectivity index (χ1) is 9.36. The van der Waals surface area contributed by atoms with Gasteiger partial charge in [-0.15, -0.1) is 0 Å². The smallest absolute Gasteiger partial charge is 0.186 e. The van der Waals surface area contributed by atoms with Crippen LogP contribution in [0.2, 0.25) is 0 Å². The number of nitrogens with zero attached hydrogens (tertiary/aromatic N) is 2. The molecule has 1 fully saturated rings. The second kappa shape index (κ2) is 5.69. The molecule has 0 saturated carbocycles. The number of ether oxygens (including phenoxy) is 1. The molecule has 2 heterocycles. The summed E-state index contributed by atoms with van der Waals surface area (Å²) >= 11 is 1.69. The summed E-state index contributed by atoms with van der Waals surface area (Å²) < 4.78 is 5.35. The summed E-state index contributed by atoms with van der Waals surface area (Å²) in [5, 5.41) is 10.2. The quantitative estimate of drug-likeness (QED) is 0.933. The lowest BCUT2D eigenvalue weighted by Crippen LogP contribution is -2.36. The molecule has 1 aromatic heterocycles. The lowest BCUT2D eigenvalue weighted by Gasteiger charge is -2.25. The maximum absolute atomic E-state index is 9.18. The van der Waals surface area contributed by atoms with E-state index in [1.165, 1.54) is 0 Å². The van der Waals surface area contributed by atoms with Crippen molar-refractivity contribution in [1.29, 1.82) is 0 Å². The number of anilines is 1. The van der Waals surface area contributed by atoms with E-state index in [9.17, 15) is 5.11 Å². The Kier molecular flexibility index (Phi) is 3.77.